The zero-order valence-electron chi connectivity index (χ0n) is 20.2. The number of nitrogens with zero attached hydrogens (tertiary/aromatic N) is 4. The Balaban J connectivity index is 1.65. The number of halogens is 1. The molecule has 0 aliphatic heterocycles. The van der Waals surface area contributed by atoms with Gasteiger partial charge >= 0.3 is 18.0 Å². The number of carboxylic acids is 2. The third kappa shape index (κ3) is 9.83. The quantitative estimate of drug-likeness (QED) is 0.124. The fraction of sp³-hybridized carbons (Fsp3) is 0.478. The molecule has 0 aliphatic carbocycles. The van der Waals surface area contributed by atoms with Gasteiger partial charge in [0.15, 0.2) is 6.04 Å². The van der Waals surface area contributed by atoms with Gasteiger partial charge in [0.25, 0.3) is 5.91 Å². The molecule has 0 aliphatic rings. The second kappa shape index (κ2) is 15.1. The van der Waals surface area contributed by atoms with Gasteiger partial charge in [-0.1, -0.05) is 5.21 Å². The van der Waals surface area contributed by atoms with E-state index in [0.29, 0.717) is 49.9 Å². The number of urea groups is 1. The number of unbranched alkanes of at least 4 members (excludes halogenated alkanes) is 2. The van der Waals surface area contributed by atoms with E-state index >= 15 is 0 Å². The van der Waals surface area contributed by atoms with Crippen molar-refractivity contribution in [2.75, 3.05) is 19.8 Å². The number of hydrogen-bond donors (Lipinski definition) is 5. The van der Waals surface area contributed by atoms with E-state index in [1.165, 1.54) is 0 Å². The molecule has 1 aromatic carbocycles. The summed E-state index contributed by atoms with van der Waals surface area (Å²) in [5.74, 6) is -3.00. The predicted octanol–water partition coefficient (Wildman–Crippen LogP) is 1.79. The summed E-state index contributed by atoms with van der Waals surface area (Å²) >= 11 is 0. The van der Waals surface area contributed by atoms with Gasteiger partial charge in [0, 0.05) is 25.1 Å². The predicted molar refractivity (Wildman–Crippen MR) is 127 cm³/mol. The molecular weight excluding hydrogens is 491 g/mol. The number of carboxylic acid groups (broad SMARTS) is 2. The van der Waals surface area contributed by atoms with Crippen LogP contribution in [-0.2, 0) is 16.0 Å². The number of aromatic nitrogens is 3. The summed E-state index contributed by atoms with van der Waals surface area (Å²) < 4.78 is 13.8. The average molecular weight is 523 g/mol. The van der Waals surface area contributed by atoms with Gasteiger partial charge in [-0.05, 0) is 62.8 Å². The Hall–Kier alpha value is -4.07. The van der Waals surface area contributed by atoms with E-state index in [4.69, 9.17) is 10.2 Å². The molecule has 1 aromatic heterocycles. The molecule has 0 radical (unpaired) electrons. The number of hydrogen-bond acceptors (Lipinski definition) is 7. The van der Waals surface area contributed by atoms with Crippen LogP contribution >= 0.6 is 0 Å². The molecule has 1 heterocycles. The van der Waals surface area contributed by atoms with Crippen LogP contribution in [0.1, 0.15) is 54.6 Å². The van der Waals surface area contributed by atoms with Gasteiger partial charge in [-0.15, -0.1) is 5.10 Å². The smallest absolute Gasteiger partial charge is 0.341 e. The van der Waals surface area contributed by atoms with E-state index in [1.807, 2.05) is 0 Å². The van der Waals surface area contributed by atoms with Crippen LogP contribution in [0.3, 0.4) is 0 Å². The molecule has 0 saturated heterocycles. The first kappa shape index (κ1) is 29.2. The number of alkyl halides is 1. The molecule has 14 heteroatoms. The van der Waals surface area contributed by atoms with Crippen molar-refractivity contribution in [2.24, 2.45) is 0 Å². The third-order valence-corrected chi connectivity index (χ3v) is 5.34. The molecule has 37 heavy (non-hydrogen) atoms. The summed E-state index contributed by atoms with van der Waals surface area (Å²) in [4.78, 5) is 46.0. The molecule has 2 aromatic rings. The summed E-state index contributed by atoms with van der Waals surface area (Å²) in [6.45, 7) is 0.147. The van der Waals surface area contributed by atoms with Crippen molar-refractivity contribution in [3.05, 3.63) is 41.7 Å². The molecule has 5 N–H and O–H groups in total. The van der Waals surface area contributed by atoms with Crippen LogP contribution in [0.25, 0.3) is 5.69 Å². The van der Waals surface area contributed by atoms with Crippen LogP contribution in [0, 0.1) is 0 Å². The van der Waals surface area contributed by atoms with Crippen molar-refractivity contribution in [3.8, 4) is 5.69 Å². The first-order chi connectivity index (χ1) is 17.7. The Bertz CT molecular complexity index is 1050. The van der Waals surface area contributed by atoms with E-state index in [9.17, 15) is 28.8 Å². The number of aryl methyl sites for hydroxylation is 1. The number of nitrogens with one attached hydrogen (secondary N) is 2. The highest BCUT2D eigenvalue weighted by atomic mass is 19.1. The lowest BCUT2D eigenvalue weighted by molar-refractivity contribution is -0.158. The first-order valence-electron chi connectivity index (χ1n) is 11.8. The van der Waals surface area contributed by atoms with E-state index in [1.54, 1.807) is 35.1 Å². The third-order valence-electron chi connectivity index (χ3n) is 5.34. The van der Waals surface area contributed by atoms with Crippen molar-refractivity contribution in [2.45, 2.75) is 51.0 Å². The monoisotopic (exact) mass is 522 g/mol. The van der Waals surface area contributed by atoms with Crippen LogP contribution in [0.4, 0.5) is 9.18 Å². The summed E-state index contributed by atoms with van der Waals surface area (Å²) in [5, 5.41) is 40.6. The SMILES string of the molecule is O=C(O)CC[C@@H](C(=O)O)N(O)C(=O)NCCCCCNC(=O)c1ccc(-n2cc(CCCF)nn2)cc1. The average Bonchev–Trinajstić information content (AvgIpc) is 3.35. The number of rotatable bonds is 16. The summed E-state index contributed by atoms with van der Waals surface area (Å²) in [5.41, 5.74) is 1.87. The lowest BCUT2D eigenvalue weighted by atomic mass is 10.1. The second-order valence-electron chi connectivity index (χ2n) is 8.17. The topological polar surface area (TPSA) is 187 Å². The number of aliphatic carboxylic acids is 2. The van der Waals surface area contributed by atoms with Gasteiger partial charge < -0.3 is 20.8 Å². The van der Waals surface area contributed by atoms with Gasteiger partial charge in [-0.3, -0.25) is 19.2 Å². The fourth-order valence-corrected chi connectivity index (χ4v) is 3.31. The Labute approximate surface area is 212 Å². The van der Waals surface area contributed by atoms with Crippen molar-refractivity contribution >= 4 is 23.9 Å². The molecule has 202 valence electrons. The zero-order valence-corrected chi connectivity index (χ0v) is 20.2. The highest BCUT2D eigenvalue weighted by Gasteiger charge is 2.29. The maximum absolute atomic E-state index is 12.3. The summed E-state index contributed by atoms with van der Waals surface area (Å²) in [7, 11) is 0. The maximum atomic E-state index is 12.3. The van der Waals surface area contributed by atoms with E-state index in [0.717, 1.165) is 5.69 Å². The second-order valence-corrected chi connectivity index (χ2v) is 8.17. The van der Waals surface area contributed by atoms with Crippen LogP contribution in [-0.4, -0.2) is 85.2 Å². The minimum Gasteiger partial charge on any atom is -0.481 e. The van der Waals surface area contributed by atoms with Crippen molar-refractivity contribution in [1.29, 1.82) is 0 Å². The number of carbonyl (C=O) groups is 4. The Kier molecular flexibility index (Phi) is 11.9. The number of benzene rings is 1. The van der Waals surface area contributed by atoms with Gasteiger partial charge in [-0.25, -0.2) is 14.3 Å². The standard InChI is InChI=1S/C23H31FN6O7/c24-12-4-5-17-15-29(28-27-17)18-8-6-16(7-9-18)21(33)25-13-2-1-3-14-26-23(36)30(37)19(22(34)35)10-11-20(31)32/h6-9,15,19,37H,1-5,10-14H2,(H,25,33)(H,26,36)(H,31,32)(H,34,35)/t19-/m0/s1. The minimum absolute atomic E-state index is 0.00863. The Morgan fingerprint density at radius 3 is 2.30 bits per heavy atom. The van der Waals surface area contributed by atoms with Crippen LogP contribution in [0.5, 0.6) is 0 Å². The zero-order chi connectivity index (χ0) is 27.2. The fourth-order valence-electron chi connectivity index (χ4n) is 3.31. The van der Waals surface area contributed by atoms with Crippen molar-refractivity contribution < 1.29 is 39.0 Å². The largest absolute Gasteiger partial charge is 0.481 e. The van der Waals surface area contributed by atoms with Gasteiger partial charge in [-0.2, -0.15) is 5.06 Å². The lowest BCUT2D eigenvalue weighted by Gasteiger charge is -2.22. The summed E-state index contributed by atoms with van der Waals surface area (Å²) in [6, 6.07) is 4.08. The molecule has 1 atom stereocenters. The number of hydroxylamine groups is 2. The van der Waals surface area contributed by atoms with E-state index < -0.39 is 43.5 Å². The number of carbonyl (C=O) groups excluding carboxylic acids is 2. The van der Waals surface area contributed by atoms with Crippen LogP contribution < -0.4 is 10.6 Å². The maximum Gasteiger partial charge on any atom is 0.341 e. The molecule has 0 saturated carbocycles. The Morgan fingerprint density at radius 2 is 1.68 bits per heavy atom. The highest BCUT2D eigenvalue weighted by molar-refractivity contribution is 5.94. The Morgan fingerprint density at radius 1 is 1.00 bits per heavy atom. The van der Waals surface area contributed by atoms with Crippen molar-refractivity contribution in [1.82, 2.24) is 30.7 Å². The van der Waals surface area contributed by atoms with Crippen LogP contribution in [0.2, 0.25) is 0 Å². The first-order valence-corrected chi connectivity index (χ1v) is 11.8. The van der Waals surface area contributed by atoms with Gasteiger partial charge in [0.1, 0.15) is 0 Å². The molecule has 3 amide bonds. The van der Waals surface area contributed by atoms with E-state index in [-0.39, 0.29) is 17.5 Å². The summed E-state index contributed by atoms with van der Waals surface area (Å²) in [6.07, 6.45) is 3.45. The van der Waals surface area contributed by atoms with Gasteiger partial charge in [0.2, 0.25) is 0 Å². The molecule has 0 spiro atoms. The lowest BCUT2D eigenvalue weighted by Crippen LogP contribution is -2.48. The normalized spacial score (nSPS) is 11.5. The molecule has 0 unspecified atom stereocenters. The number of amides is 3. The highest BCUT2D eigenvalue weighted by Crippen LogP contribution is 2.10. The molecule has 0 fully saturated rings. The van der Waals surface area contributed by atoms with E-state index in [2.05, 4.69) is 20.9 Å². The van der Waals surface area contributed by atoms with Crippen LogP contribution in [0.15, 0.2) is 30.5 Å². The molecule has 2 rings (SSSR count). The van der Waals surface area contributed by atoms with Crippen molar-refractivity contribution in [3.63, 3.8) is 0 Å². The molecule has 0 bridgehead atoms. The molecular formula is C23H31FN6O7. The molecule has 13 nitrogen and oxygen atoms in total. The minimum atomic E-state index is -1.67. The van der Waals surface area contributed by atoms with Gasteiger partial charge in [0.05, 0.1) is 24.3 Å².